The molecular formula is C14H33F6N2O5PSi. The molecule has 0 aliphatic carbocycles. The van der Waals surface area contributed by atoms with E-state index in [4.69, 9.17) is 18.0 Å². The quantitative estimate of drug-likeness (QED) is 0.150. The average Bonchev–Trinajstić information content (AvgIpc) is 2.50. The van der Waals surface area contributed by atoms with Crippen LogP contribution >= 0.6 is 7.81 Å². The summed E-state index contributed by atoms with van der Waals surface area (Å²) in [5.74, 6) is -0.199. The number of likely N-dealkylation sites (N-methyl/N-ethyl adjacent to an activating group) is 1. The van der Waals surface area contributed by atoms with Gasteiger partial charge in [0.05, 0.1) is 33.2 Å². The number of hydrogen-bond donors (Lipinski definition) is 1. The van der Waals surface area contributed by atoms with Gasteiger partial charge in [0.2, 0.25) is 0 Å². The molecule has 0 saturated heterocycles. The summed E-state index contributed by atoms with van der Waals surface area (Å²) in [6.45, 7) is 3.76. The van der Waals surface area contributed by atoms with E-state index in [2.05, 4.69) is 26.5 Å². The molecule has 180 valence electrons. The molecular weight excluding hydrogens is 449 g/mol. The number of carbonyl (C=O) groups excluding carboxylic acids is 1. The third kappa shape index (κ3) is 20.5. The van der Waals surface area contributed by atoms with Crippen LogP contribution in [-0.2, 0) is 22.8 Å². The molecule has 15 heteroatoms. The van der Waals surface area contributed by atoms with Crippen LogP contribution in [0.4, 0.5) is 25.2 Å². The Hall–Kier alpha value is -0.503. The first kappa shape index (κ1) is 30.7. The maximum absolute atomic E-state index is 11.7. The molecule has 0 radical (unpaired) electrons. The molecule has 0 aromatic rings. The molecule has 0 aliphatic rings. The standard InChI is InChI=1S/C14H33N2O5Si.F6P/c1-8-13(22(18-5,19-6)20-7)15-10-9-14(17)21-12-11-16(2,3)4;1-7(2,3,4,5)6/h13,15H,8-12H2,1-7H3;/q+1;-1. The van der Waals surface area contributed by atoms with Gasteiger partial charge in [-0.25, -0.2) is 0 Å². The van der Waals surface area contributed by atoms with Gasteiger partial charge in [-0.05, 0) is 6.42 Å². The van der Waals surface area contributed by atoms with Crippen molar-refractivity contribution in [3.05, 3.63) is 0 Å². The first-order valence-electron chi connectivity index (χ1n) is 8.61. The topological polar surface area (TPSA) is 66.0 Å². The van der Waals surface area contributed by atoms with E-state index in [-0.39, 0.29) is 11.6 Å². The Bertz CT molecular complexity index is 480. The van der Waals surface area contributed by atoms with Crippen LogP contribution < -0.4 is 5.32 Å². The van der Waals surface area contributed by atoms with E-state index in [9.17, 15) is 30.0 Å². The predicted octanol–water partition coefficient (Wildman–Crippen LogP) is 3.79. The molecule has 0 aromatic heterocycles. The first-order valence-corrected chi connectivity index (χ1v) is 12.4. The third-order valence-corrected chi connectivity index (χ3v) is 6.61. The van der Waals surface area contributed by atoms with E-state index in [1.54, 1.807) is 21.3 Å². The predicted molar refractivity (Wildman–Crippen MR) is 101 cm³/mol. The summed E-state index contributed by atoms with van der Waals surface area (Å²) in [7, 11) is -2.45. The van der Waals surface area contributed by atoms with Gasteiger partial charge in [0.15, 0.2) is 0 Å². The van der Waals surface area contributed by atoms with Gasteiger partial charge in [-0.3, -0.25) is 4.79 Å². The second-order valence-corrected chi connectivity index (χ2v) is 12.1. The van der Waals surface area contributed by atoms with Crippen molar-refractivity contribution in [3.63, 3.8) is 0 Å². The van der Waals surface area contributed by atoms with Crippen molar-refractivity contribution in [2.45, 2.75) is 25.4 Å². The number of hydrogen-bond acceptors (Lipinski definition) is 6. The molecule has 1 atom stereocenters. The van der Waals surface area contributed by atoms with Crippen molar-refractivity contribution in [3.8, 4) is 0 Å². The molecule has 1 N–H and O–H groups in total. The molecule has 29 heavy (non-hydrogen) atoms. The number of ether oxygens (including phenoxy) is 1. The molecule has 0 aromatic carbocycles. The summed E-state index contributed by atoms with van der Waals surface area (Å²) in [6.07, 6.45) is 1.10. The Kier molecular flexibility index (Phi) is 11.3. The van der Waals surface area contributed by atoms with Gasteiger partial charge < -0.3 is 27.8 Å². The normalized spacial score (nSPS) is 16.2. The summed E-state index contributed by atoms with van der Waals surface area (Å²) in [5, 5.41) is 3.28. The van der Waals surface area contributed by atoms with E-state index in [0.717, 1.165) is 17.4 Å². The van der Waals surface area contributed by atoms with Gasteiger partial charge in [0, 0.05) is 27.9 Å². The molecule has 0 bridgehead atoms. The fraction of sp³-hybridized carbons (Fsp3) is 0.929. The maximum atomic E-state index is 11.7. The molecule has 0 aliphatic heterocycles. The average molecular weight is 482 g/mol. The Morgan fingerprint density at radius 2 is 1.41 bits per heavy atom. The van der Waals surface area contributed by atoms with Crippen LogP contribution in [0.5, 0.6) is 0 Å². The van der Waals surface area contributed by atoms with Gasteiger partial charge in [-0.1, -0.05) is 6.92 Å². The van der Waals surface area contributed by atoms with E-state index < -0.39 is 16.6 Å². The first-order chi connectivity index (χ1) is 12.7. The summed E-state index contributed by atoms with van der Waals surface area (Å²) < 4.78 is 81.6. The van der Waals surface area contributed by atoms with Gasteiger partial charge in [-0.2, -0.15) is 0 Å². The number of halogens is 6. The van der Waals surface area contributed by atoms with Gasteiger partial charge in [-0.15, -0.1) is 0 Å². The molecule has 0 saturated carbocycles. The second-order valence-electron chi connectivity index (χ2n) is 7.07. The van der Waals surface area contributed by atoms with Crippen molar-refractivity contribution >= 4 is 22.6 Å². The van der Waals surface area contributed by atoms with E-state index >= 15 is 0 Å². The number of nitrogens with zero attached hydrogens (tertiary/aromatic N) is 1. The van der Waals surface area contributed by atoms with Gasteiger partial charge in [0.25, 0.3) is 0 Å². The molecule has 1 unspecified atom stereocenters. The number of rotatable bonds is 12. The summed E-state index contributed by atoms with van der Waals surface area (Å²) in [6, 6.07) is 0. The molecule has 0 amide bonds. The SMILES string of the molecule is CCC(NCCC(=O)OCC[N+](C)(C)C)[Si](OC)(OC)OC.F[P-](F)(F)(F)(F)F. The number of quaternary nitrogens is 1. The van der Waals surface area contributed by atoms with Crippen molar-refractivity contribution in [1.82, 2.24) is 5.32 Å². The minimum atomic E-state index is -10.7. The van der Waals surface area contributed by atoms with Gasteiger partial charge >= 0.3 is 47.8 Å². The van der Waals surface area contributed by atoms with Crippen LogP contribution in [-0.4, -0.2) is 87.1 Å². The molecule has 7 nitrogen and oxygen atoms in total. The van der Waals surface area contributed by atoms with Crippen molar-refractivity contribution in [1.29, 1.82) is 0 Å². The Morgan fingerprint density at radius 3 is 1.72 bits per heavy atom. The Balaban J connectivity index is 0. The van der Waals surface area contributed by atoms with Crippen molar-refractivity contribution in [2.24, 2.45) is 0 Å². The van der Waals surface area contributed by atoms with E-state index in [1.165, 1.54) is 0 Å². The molecule has 0 spiro atoms. The van der Waals surface area contributed by atoms with Crippen LogP contribution in [0, 0.1) is 0 Å². The zero-order chi connectivity index (χ0) is 23.6. The zero-order valence-electron chi connectivity index (χ0n) is 17.8. The summed E-state index contributed by atoms with van der Waals surface area (Å²) in [5.41, 5.74) is -0.0495. The van der Waals surface area contributed by atoms with Crippen LogP contribution in [0.2, 0.25) is 0 Å². The van der Waals surface area contributed by atoms with E-state index in [0.29, 0.717) is 19.6 Å². The molecule has 0 fully saturated rings. The van der Waals surface area contributed by atoms with Gasteiger partial charge in [0.1, 0.15) is 13.2 Å². The van der Waals surface area contributed by atoms with Crippen LogP contribution in [0.15, 0.2) is 0 Å². The number of esters is 1. The summed E-state index contributed by atoms with van der Waals surface area (Å²) in [4.78, 5) is 11.7. The van der Waals surface area contributed by atoms with Crippen molar-refractivity contribution in [2.75, 3.05) is 62.2 Å². The fourth-order valence-corrected chi connectivity index (χ4v) is 4.30. The van der Waals surface area contributed by atoms with Crippen molar-refractivity contribution < 1.29 is 52.5 Å². The van der Waals surface area contributed by atoms with Crippen LogP contribution in [0.3, 0.4) is 0 Å². The fourth-order valence-electron chi connectivity index (χ4n) is 2.05. The number of carbonyl (C=O) groups is 1. The van der Waals surface area contributed by atoms with Crippen LogP contribution in [0.25, 0.3) is 0 Å². The minimum absolute atomic E-state index is 0.0495. The van der Waals surface area contributed by atoms with Crippen LogP contribution in [0.1, 0.15) is 19.8 Å². The molecule has 0 rings (SSSR count). The zero-order valence-corrected chi connectivity index (χ0v) is 19.7. The number of nitrogens with one attached hydrogen (secondary N) is 1. The Labute approximate surface area is 168 Å². The van der Waals surface area contributed by atoms with E-state index in [1.807, 2.05) is 6.92 Å². The summed E-state index contributed by atoms with van der Waals surface area (Å²) >= 11 is 0. The Morgan fingerprint density at radius 1 is 1.00 bits per heavy atom. The molecule has 0 heterocycles. The third-order valence-electron chi connectivity index (χ3n) is 3.43. The second kappa shape index (κ2) is 10.7. The monoisotopic (exact) mass is 482 g/mol.